The molecule has 106 valence electrons. The predicted octanol–water partition coefficient (Wildman–Crippen LogP) is 5.30. The normalized spacial score (nSPS) is 12.4. The second kappa shape index (κ2) is 7.26. The van der Waals surface area contributed by atoms with Crippen molar-refractivity contribution in [3.8, 4) is 0 Å². The van der Waals surface area contributed by atoms with E-state index in [0.717, 1.165) is 28.0 Å². The molecule has 0 amide bonds. The van der Waals surface area contributed by atoms with E-state index in [-0.39, 0.29) is 6.04 Å². The van der Waals surface area contributed by atoms with Gasteiger partial charge in [0.1, 0.15) is 0 Å². The first kappa shape index (κ1) is 15.6. The van der Waals surface area contributed by atoms with Crippen molar-refractivity contribution in [1.82, 2.24) is 5.32 Å². The smallest absolute Gasteiger partial charge is 0.0438 e. The Morgan fingerprint density at radius 2 is 1.95 bits per heavy atom. The van der Waals surface area contributed by atoms with Crippen LogP contribution in [0.25, 0.3) is 0 Å². The Morgan fingerprint density at radius 1 is 1.20 bits per heavy atom. The second-order valence-corrected chi connectivity index (χ2v) is 6.22. The van der Waals surface area contributed by atoms with Crippen LogP contribution in [0.15, 0.2) is 46.9 Å². The minimum Gasteiger partial charge on any atom is -0.310 e. The lowest BCUT2D eigenvalue weighted by atomic mass is 9.95. The van der Waals surface area contributed by atoms with Gasteiger partial charge in [-0.2, -0.15) is 0 Å². The number of rotatable bonds is 5. The van der Waals surface area contributed by atoms with Gasteiger partial charge in [-0.05, 0) is 54.8 Å². The third kappa shape index (κ3) is 3.85. The summed E-state index contributed by atoms with van der Waals surface area (Å²) >= 11 is 9.78. The van der Waals surface area contributed by atoms with E-state index >= 15 is 0 Å². The fraction of sp³-hybridized carbons (Fsp3) is 0.294. The van der Waals surface area contributed by atoms with E-state index in [2.05, 4.69) is 65.4 Å². The maximum absolute atomic E-state index is 6.25. The molecule has 0 radical (unpaired) electrons. The number of benzene rings is 2. The standard InChI is InChI=1S/C17H19BrClN/c1-3-20-17(11-13-6-4-7-14(18)10-13)15-8-5-9-16(19)12(15)2/h4-10,17,20H,3,11H2,1-2H3. The quantitative estimate of drug-likeness (QED) is 0.769. The van der Waals surface area contributed by atoms with Crippen molar-refractivity contribution in [3.05, 3.63) is 68.7 Å². The molecule has 0 saturated carbocycles. The van der Waals surface area contributed by atoms with Gasteiger partial charge in [-0.3, -0.25) is 0 Å². The van der Waals surface area contributed by atoms with Crippen LogP contribution in [0.1, 0.15) is 29.7 Å². The lowest BCUT2D eigenvalue weighted by Crippen LogP contribution is -2.23. The fourth-order valence-electron chi connectivity index (χ4n) is 2.44. The Kier molecular flexibility index (Phi) is 5.64. The van der Waals surface area contributed by atoms with E-state index in [1.54, 1.807) is 0 Å². The first-order valence-corrected chi connectivity index (χ1v) is 8.01. The van der Waals surface area contributed by atoms with Crippen molar-refractivity contribution in [2.24, 2.45) is 0 Å². The second-order valence-electron chi connectivity index (χ2n) is 4.90. The van der Waals surface area contributed by atoms with E-state index in [4.69, 9.17) is 11.6 Å². The predicted molar refractivity (Wildman–Crippen MR) is 90.5 cm³/mol. The highest BCUT2D eigenvalue weighted by Crippen LogP contribution is 2.27. The number of nitrogens with one attached hydrogen (secondary N) is 1. The monoisotopic (exact) mass is 351 g/mol. The number of halogens is 2. The van der Waals surface area contributed by atoms with Crippen LogP contribution < -0.4 is 5.32 Å². The summed E-state index contributed by atoms with van der Waals surface area (Å²) in [5, 5.41) is 4.39. The lowest BCUT2D eigenvalue weighted by molar-refractivity contribution is 0.547. The number of hydrogen-bond donors (Lipinski definition) is 1. The summed E-state index contributed by atoms with van der Waals surface area (Å²) in [4.78, 5) is 0. The van der Waals surface area contributed by atoms with Gasteiger partial charge >= 0.3 is 0 Å². The highest BCUT2D eigenvalue weighted by Gasteiger charge is 2.14. The summed E-state index contributed by atoms with van der Waals surface area (Å²) in [6.07, 6.45) is 0.953. The zero-order chi connectivity index (χ0) is 14.5. The third-order valence-corrected chi connectivity index (χ3v) is 4.37. The van der Waals surface area contributed by atoms with Crippen molar-refractivity contribution < 1.29 is 0 Å². The van der Waals surface area contributed by atoms with Crippen LogP contribution in [0.4, 0.5) is 0 Å². The van der Waals surface area contributed by atoms with Crippen LogP contribution in [0.3, 0.4) is 0 Å². The average molecular weight is 353 g/mol. The van der Waals surface area contributed by atoms with Crippen LogP contribution in [0, 0.1) is 6.92 Å². The molecule has 1 nitrogen and oxygen atoms in total. The molecule has 0 fully saturated rings. The molecule has 0 spiro atoms. The third-order valence-electron chi connectivity index (χ3n) is 3.46. The molecule has 20 heavy (non-hydrogen) atoms. The molecule has 1 unspecified atom stereocenters. The number of hydrogen-bond acceptors (Lipinski definition) is 1. The van der Waals surface area contributed by atoms with Crippen molar-refractivity contribution in [1.29, 1.82) is 0 Å². The number of likely N-dealkylation sites (N-methyl/N-ethyl adjacent to an activating group) is 1. The molecule has 0 aromatic heterocycles. The van der Waals surface area contributed by atoms with Crippen molar-refractivity contribution in [2.75, 3.05) is 6.54 Å². The van der Waals surface area contributed by atoms with E-state index < -0.39 is 0 Å². The molecule has 0 aliphatic heterocycles. The Bertz CT molecular complexity index is 583. The molecule has 0 aliphatic carbocycles. The van der Waals surface area contributed by atoms with Gasteiger partial charge in [0.15, 0.2) is 0 Å². The van der Waals surface area contributed by atoms with Crippen LogP contribution in [-0.4, -0.2) is 6.54 Å². The van der Waals surface area contributed by atoms with Gasteiger partial charge in [-0.25, -0.2) is 0 Å². The fourth-order valence-corrected chi connectivity index (χ4v) is 3.07. The molecule has 1 atom stereocenters. The molecule has 2 aromatic rings. The van der Waals surface area contributed by atoms with Gasteiger partial charge in [0.25, 0.3) is 0 Å². The maximum atomic E-state index is 6.25. The van der Waals surface area contributed by atoms with Crippen LogP contribution in [0.5, 0.6) is 0 Å². The molecule has 0 saturated heterocycles. The van der Waals surface area contributed by atoms with E-state index in [1.165, 1.54) is 11.1 Å². The Hall–Kier alpha value is -0.830. The Labute approximate surface area is 134 Å². The van der Waals surface area contributed by atoms with Crippen LogP contribution in [0.2, 0.25) is 5.02 Å². The zero-order valence-electron chi connectivity index (χ0n) is 11.8. The molecule has 3 heteroatoms. The van der Waals surface area contributed by atoms with Gasteiger partial charge in [-0.1, -0.05) is 58.7 Å². The molecule has 2 aromatic carbocycles. The Balaban J connectivity index is 2.29. The summed E-state index contributed by atoms with van der Waals surface area (Å²) < 4.78 is 1.12. The van der Waals surface area contributed by atoms with Gasteiger partial charge in [0.2, 0.25) is 0 Å². The van der Waals surface area contributed by atoms with E-state index in [9.17, 15) is 0 Å². The van der Waals surface area contributed by atoms with E-state index in [1.807, 2.05) is 12.1 Å². The summed E-state index contributed by atoms with van der Waals surface area (Å²) in [6.45, 7) is 5.15. The largest absolute Gasteiger partial charge is 0.310 e. The highest BCUT2D eigenvalue weighted by molar-refractivity contribution is 9.10. The van der Waals surface area contributed by atoms with E-state index in [0.29, 0.717) is 0 Å². The van der Waals surface area contributed by atoms with Gasteiger partial charge in [0.05, 0.1) is 0 Å². The van der Waals surface area contributed by atoms with Gasteiger partial charge in [-0.15, -0.1) is 0 Å². The molecule has 1 N–H and O–H groups in total. The SMILES string of the molecule is CCNC(Cc1cccc(Br)c1)c1cccc(Cl)c1C. The average Bonchev–Trinajstić information content (AvgIpc) is 2.42. The molecular formula is C17H19BrClN. The van der Waals surface area contributed by atoms with Crippen molar-refractivity contribution in [2.45, 2.75) is 26.3 Å². The molecule has 0 bridgehead atoms. The first-order valence-electron chi connectivity index (χ1n) is 6.84. The summed E-state index contributed by atoms with van der Waals surface area (Å²) in [6, 6.07) is 14.9. The van der Waals surface area contributed by atoms with Crippen molar-refractivity contribution in [3.63, 3.8) is 0 Å². The minimum absolute atomic E-state index is 0.285. The van der Waals surface area contributed by atoms with Crippen LogP contribution >= 0.6 is 27.5 Å². The molecule has 0 heterocycles. The van der Waals surface area contributed by atoms with Gasteiger partial charge < -0.3 is 5.32 Å². The Morgan fingerprint density at radius 3 is 2.65 bits per heavy atom. The summed E-state index contributed by atoms with van der Waals surface area (Å²) in [5.41, 5.74) is 3.75. The molecule has 0 aliphatic rings. The van der Waals surface area contributed by atoms with Crippen LogP contribution in [-0.2, 0) is 6.42 Å². The summed E-state index contributed by atoms with van der Waals surface area (Å²) in [7, 11) is 0. The minimum atomic E-state index is 0.285. The van der Waals surface area contributed by atoms with Crippen molar-refractivity contribution >= 4 is 27.5 Å². The lowest BCUT2D eigenvalue weighted by Gasteiger charge is -2.21. The molecular weight excluding hydrogens is 334 g/mol. The highest BCUT2D eigenvalue weighted by atomic mass is 79.9. The summed E-state index contributed by atoms with van der Waals surface area (Å²) in [5.74, 6) is 0. The first-order chi connectivity index (χ1) is 9.61. The maximum Gasteiger partial charge on any atom is 0.0438 e. The van der Waals surface area contributed by atoms with Gasteiger partial charge in [0, 0.05) is 15.5 Å². The topological polar surface area (TPSA) is 12.0 Å². The molecule has 2 rings (SSSR count). The zero-order valence-corrected chi connectivity index (χ0v) is 14.1.